The third-order valence-electron chi connectivity index (χ3n) is 25.2. The van der Waals surface area contributed by atoms with Crippen LogP contribution in [0, 0.1) is 0 Å². The summed E-state index contributed by atoms with van der Waals surface area (Å²) in [5, 5.41) is -15.1. The molecule has 0 spiro atoms. The largest absolute Gasteiger partial charge is 0.455 e. The maximum absolute atomic E-state index is 9.97. The standard InChI is InChI=1S/3C45H30O/c1-45(2)38-23-10-9-15-29(38)34-20-11-22-36(43(34)45)41-32-18-7-5-16-30(32)40(31-17-6-8-19-33(31)41)35-21-12-24-39-42(35)37-26-25-27-13-3-4-14-28(27)44(37)46-39;1-45(2)38-20-10-9-14-30(38)31-24-23-28(26-39(31)45)41-32-15-5-7-17-34(32)42(35-18-8-6-16-33(35)41)36-19-11-21-40-43(36)37-25-22-27-12-3-4-13-29(27)44(37)46-40;1-45(2)38-20-10-9-14-30(38)37-26-28(23-25-39(37)45)41-31-15-5-7-17-33(31)42(34-18-8-6-16-32(34)41)35-19-11-21-40-43(35)36-24-22-27-12-3-4-13-29(27)44(36)46-40/h3*3-26H,1-2H3/i1D3,2D3,3D,4D,5D,6D,7D,8D,9D,10D,11D,12D,13D,14D,15D,16D,17D,18D,19D,20D,21D,22D,23D,24D,25D,26D;1D3,3D,4D,5D,6D,7D,8D,9D,10D,11D,12D,13D,14D,15D,16D,17D,18D,19D,20D,21D,22D,23D,24D,25D,26D;3D,4D,5D,6D,7D,8D,9D,10D,11D,12D,13D,14D,15D,16D,17D,18D,19D,20D,21D,22D,23D,24D,25D,26D. The van der Waals surface area contributed by atoms with Gasteiger partial charge in [0.2, 0.25) is 0 Å². The molecule has 30 rings (SSSR count). The van der Waals surface area contributed by atoms with Crippen LogP contribution < -0.4 is 0 Å². The molecule has 24 aromatic carbocycles. The van der Waals surface area contributed by atoms with Crippen molar-refractivity contribution in [1.82, 2.24) is 0 Å². The molecule has 27 aromatic rings. The van der Waals surface area contributed by atoms with E-state index in [-0.39, 0.29) is 22.3 Å². The van der Waals surface area contributed by atoms with E-state index in [9.17, 15) is 37.0 Å². The van der Waals surface area contributed by atoms with Crippen LogP contribution in [0.2, 0.25) is 0 Å². The SMILES string of the molecule is [2H]c1c([2H])c([2H])c2c(c1[2H])-c1c([2H])c(-c3c4c([2H])c([2H])c([2H])c([2H])c4c(-c4c([2H])c([2H])c([2H])c5oc6c7c([2H])c([2H])c([2H])c([2H])c7c([2H])c([2H])c6c45)c4c([2H])c([2H])c([2H])c([2H])c34)c([2H])c([2H])c1C2(C)C.[2H]c1c([2H])c([2H])c2c(c1[2H])-c1c([2H])c([2H])c(-c3c4c([2H])c([2H])c([2H])c([2H])c4c(-c4c([2H])c([2H])c([2H])c5oc6c7c([2H])c([2H])c([2H])c([2H])c7c([2H])c([2H])c6c45)c4c([2H])c([2H])c([2H])c([2H])c34)c([2H])c1C2(C)C([2H])([2H])[2H].[2H]c1c([2H])c([2H])c2c(c1[2H])-c1c([2H])c([2H])c([2H])c(-c3c4c([2H])c([2H])c([2H])c([2H])c4c(-c4c([2H])c([2H])c([2H])c5oc6c7c([2H])c([2H])c([2H])c([2H])c7c([2H])c([2H])c6c45)c4c([2H])c([2H])c([2H])c([2H])c34)c1C2(C([2H])([2H])[2H])C([2H])([2H])[2H]. The molecule has 3 aromatic heterocycles. The Labute approximate surface area is 912 Å². The molecule has 0 aliphatic heterocycles. The Hall–Kier alpha value is -17.0. The summed E-state index contributed by atoms with van der Waals surface area (Å²) in [7, 11) is 0. The molecule has 0 N–H and O–H groups in total. The molecule has 0 amide bonds. The van der Waals surface area contributed by atoms with Crippen molar-refractivity contribution in [3.63, 3.8) is 0 Å². The van der Waals surface area contributed by atoms with Crippen LogP contribution in [0.1, 0.15) is 186 Å². The van der Waals surface area contributed by atoms with Crippen LogP contribution in [0.4, 0.5) is 0 Å². The van der Waals surface area contributed by atoms with Crippen molar-refractivity contribution >= 4 is 163 Å². The highest BCUT2D eigenvalue weighted by Crippen LogP contribution is 2.59. The highest BCUT2D eigenvalue weighted by atomic mass is 16.3. The fraction of sp³-hybridized carbons (Fsp3) is 0.0667. The molecule has 3 nitrogen and oxygen atoms in total. The highest BCUT2D eigenvalue weighted by molar-refractivity contribution is 6.32. The van der Waals surface area contributed by atoms with Crippen LogP contribution in [-0.2, 0) is 16.2 Å². The average Bonchev–Trinajstić information content (AvgIpc) is 1.48. The van der Waals surface area contributed by atoms with Crippen LogP contribution in [0.15, 0.2) is 448 Å². The van der Waals surface area contributed by atoms with Gasteiger partial charge >= 0.3 is 0 Å². The van der Waals surface area contributed by atoms with E-state index in [0.29, 0.717) is 0 Å². The monoisotopic (exact) mass is 1840 g/mol. The number of rotatable bonds is 6. The van der Waals surface area contributed by atoms with Crippen LogP contribution in [0.5, 0.6) is 0 Å². The van der Waals surface area contributed by atoms with Gasteiger partial charge in [-0.1, -0.05) is 428 Å². The normalized spacial score (nSPS) is 22.8. The van der Waals surface area contributed by atoms with E-state index in [1.807, 2.05) is 0 Å². The molecule has 3 aliphatic carbocycles. The molecular weight excluding hydrogens is 1670 g/mol. The molecule has 138 heavy (non-hydrogen) atoms. The number of fused-ring (bicyclic) bond motifs is 30. The minimum Gasteiger partial charge on any atom is -0.455 e. The summed E-state index contributed by atoms with van der Waals surface area (Å²) >= 11 is 0. The molecule has 0 saturated heterocycles. The van der Waals surface area contributed by atoms with Crippen LogP contribution >= 0.6 is 0 Å². The van der Waals surface area contributed by atoms with E-state index in [0.717, 1.165) is 6.92 Å². The fourth-order valence-corrected chi connectivity index (χ4v) is 19.3. The van der Waals surface area contributed by atoms with Crippen molar-refractivity contribution in [3.8, 4) is 100 Å². The lowest BCUT2D eigenvalue weighted by Crippen LogP contribution is -2.16. The van der Waals surface area contributed by atoms with Gasteiger partial charge in [-0.05, 0) is 263 Å². The third-order valence-corrected chi connectivity index (χ3v) is 25.2. The van der Waals surface area contributed by atoms with Crippen LogP contribution in [-0.4, -0.2) is 0 Å². The van der Waals surface area contributed by atoms with Gasteiger partial charge in [0.15, 0.2) is 0 Å². The molecule has 3 heterocycles. The van der Waals surface area contributed by atoms with Crippen LogP contribution in [0.3, 0.4) is 0 Å². The zero-order valence-corrected chi connectivity index (χ0v) is 70.2. The Morgan fingerprint density at radius 3 is 0.841 bits per heavy atom. The van der Waals surface area contributed by atoms with Gasteiger partial charge in [0.25, 0.3) is 0 Å². The number of hydrogen-bond acceptors (Lipinski definition) is 3. The smallest absolute Gasteiger partial charge is 0.143 e. The van der Waals surface area contributed by atoms with Gasteiger partial charge in [0.05, 0.1) is 98.7 Å². The number of hydrogen-bond donors (Lipinski definition) is 0. The average molecular weight is 1840 g/mol. The second-order valence-corrected chi connectivity index (χ2v) is 32.8. The van der Waals surface area contributed by atoms with Gasteiger partial charge in [-0.3, -0.25) is 0 Å². The highest BCUT2D eigenvalue weighted by Gasteiger charge is 2.41. The van der Waals surface area contributed by atoms with Crippen molar-refractivity contribution in [2.24, 2.45) is 0 Å². The van der Waals surface area contributed by atoms with E-state index in [2.05, 4.69) is 0 Å². The minimum atomic E-state index is -4.01. The summed E-state index contributed by atoms with van der Waals surface area (Å²) in [4.78, 5) is 0. The molecule has 648 valence electrons. The summed E-state index contributed by atoms with van der Waals surface area (Å²) in [6, 6.07) is -65.5. The summed E-state index contributed by atoms with van der Waals surface area (Å²) in [6.45, 7) is -7.17. The summed E-state index contributed by atoms with van der Waals surface area (Å²) in [5.74, 6) is 0. The first kappa shape index (κ1) is 33.2. The van der Waals surface area contributed by atoms with Crippen molar-refractivity contribution in [2.75, 3.05) is 0 Å². The van der Waals surface area contributed by atoms with E-state index in [4.69, 9.17) is 87.3 Å². The quantitative estimate of drug-likeness (QED) is 0.156. The molecule has 0 saturated carbocycles. The molecule has 3 aliphatic rings. The summed E-state index contributed by atoms with van der Waals surface area (Å²) in [6.07, 6.45) is 0. The van der Waals surface area contributed by atoms with Crippen molar-refractivity contribution < 1.29 is 124 Å². The van der Waals surface area contributed by atoms with Crippen LogP contribution in [0.25, 0.3) is 263 Å². The van der Waals surface area contributed by atoms with Gasteiger partial charge in [-0.15, -0.1) is 0 Å². The van der Waals surface area contributed by atoms with Crippen molar-refractivity contribution in [2.45, 2.75) is 57.6 Å². The molecule has 3 heteroatoms. The Balaban J connectivity index is 0.000000143. The Bertz CT molecular complexity index is 14900. The molecular formula is C135H90O3. The van der Waals surface area contributed by atoms with Gasteiger partial charge in [0.1, 0.15) is 33.5 Å². The number of furan rings is 3. The molecule has 1 atom stereocenters. The molecule has 1 unspecified atom stereocenters. The maximum atomic E-state index is 9.97. The molecule has 0 radical (unpaired) electrons. The molecule has 0 fully saturated rings. The second kappa shape index (κ2) is 30.0. The lowest BCUT2D eigenvalue weighted by atomic mass is 9.76. The van der Waals surface area contributed by atoms with E-state index < -0.39 is 746 Å². The first-order chi connectivity index (χ1) is 102. The van der Waals surface area contributed by atoms with Gasteiger partial charge in [0, 0.05) is 77.1 Å². The maximum Gasteiger partial charge on any atom is 0.143 e. The topological polar surface area (TPSA) is 39.4 Å². The molecule has 0 bridgehead atoms. The summed E-state index contributed by atoms with van der Waals surface area (Å²) in [5.41, 5.74) is -27.3. The predicted molar refractivity (Wildman–Crippen MR) is 584 cm³/mol. The fourth-order valence-electron chi connectivity index (χ4n) is 19.3. The Kier molecular flexibility index (Phi) is 7.23. The van der Waals surface area contributed by atoms with E-state index in [1.165, 1.54) is 0 Å². The van der Waals surface area contributed by atoms with Crippen molar-refractivity contribution in [1.29, 1.82) is 0 Å². The zero-order valence-electron chi connectivity index (χ0n) is 151. The van der Waals surface area contributed by atoms with E-state index >= 15 is 0 Å². The minimum absolute atomic E-state index is 0.00253. The Morgan fingerprint density at radius 1 is 0.181 bits per heavy atom. The first-order valence-electron chi connectivity index (χ1n) is 82.2. The Morgan fingerprint density at radius 2 is 0.449 bits per heavy atom. The zero-order chi connectivity index (χ0) is 162. The lowest BCUT2D eigenvalue weighted by Gasteiger charge is -2.26. The third kappa shape index (κ3) is 11.5. The van der Waals surface area contributed by atoms with Crippen molar-refractivity contribution in [3.05, 3.63) is 468 Å². The van der Waals surface area contributed by atoms with Gasteiger partial charge in [-0.25, -0.2) is 0 Å². The number of benzene rings is 24. The van der Waals surface area contributed by atoms with Gasteiger partial charge in [-0.2, -0.15) is 0 Å². The van der Waals surface area contributed by atoms with Gasteiger partial charge < -0.3 is 13.3 Å². The summed E-state index contributed by atoms with van der Waals surface area (Å²) < 4.78 is 754. The lowest BCUT2D eigenvalue weighted by molar-refractivity contribution is 0.660. The van der Waals surface area contributed by atoms with E-state index in [1.54, 1.807) is 13.8 Å². The predicted octanol–water partition coefficient (Wildman–Crippen LogP) is 38.1. The first-order valence-corrected chi connectivity index (χ1v) is 41.7. The second-order valence-electron chi connectivity index (χ2n) is 32.8.